The topological polar surface area (TPSA) is 49.8 Å². The number of hydrogen-bond acceptors (Lipinski definition) is 2. The van der Waals surface area contributed by atoms with Crippen LogP contribution < -0.4 is 4.74 Å². The number of nitrogens with zero attached hydrogens (tertiary/aromatic N) is 1. The van der Waals surface area contributed by atoms with Gasteiger partial charge in [-0.2, -0.15) is 0 Å². The highest BCUT2D eigenvalue weighted by atomic mass is 79.9. The van der Waals surface area contributed by atoms with Gasteiger partial charge in [0.25, 0.3) is 0 Å². The van der Waals surface area contributed by atoms with Crippen molar-refractivity contribution in [3.05, 3.63) is 27.7 Å². The summed E-state index contributed by atoms with van der Waals surface area (Å²) in [6, 6.07) is 5.47. The van der Waals surface area contributed by atoms with Crippen LogP contribution in [0.1, 0.15) is 12.8 Å². The second-order valence-electron chi connectivity index (χ2n) is 4.16. The standard InChI is InChI=1S/C12H13BrClNO3/c13-8-1-2-11(10(14)7-8)18-9-3-5-15(6-4-9)12(16)17/h1-2,7,9H,3-6H2,(H,16,17). The van der Waals surface area contributed by atoms with E-state index in [2.05, 4.69) is 15.9 Å². The minimum Gasteiger partial charge on any atom is -0.489 e. The Bertz CT molecular complexity index is 447. The summed E-state index contributed by atoms with van der Waals surface area (Å²) in [5.74, 6) is 0.647. The zero-order chi connectivity index (χ0) is 13.1. The van der Waals surface area contributed by atoms with Gasteiger partial charge in [-0.1, -0.05) is 27.5 Å². The predicted octanol–water partition coefficient (Wildman–Crippen LogP) is 3.62. The number of likely N-dealkylation sites (tertiary alicyclic amines) is 1. The van der Waals surface area contributed by atoms with Crippen molar-refractivity contribution in [3.63, 3.8) is 0 Å². The molecule has 1 saturated heterocycles. The van der Waals surface area contributed by atoms with Crippen LogP contribution in [-0.2, 0) is 0 Å². The molecule has 0 atom stereocenters. The second kappa shape index (κ2) is 5.80. The molecular formula is C12H13BrClNO3. The molecule has 1 amide bonds. The first-order valence-corrected chi connectivity index (χ1v) is 6.83. The molecule has 6 heteroatoms. The van der Waals surface area contributed by atoms with Gasteiger partial charge in [0.2, 0.25) is 0 Å². The molecule has 18 heavy (non-hydrogen) atoms. The number of amides is 1. The molecule has 4 nitrogen and oxygen atoms in total. The van der Waals surface area contributed by atoms with E-state index in [1.807, 2.05) is 12.1 Å². The lowest BCUT2D eigenvalue weighted by atomic mass is 10.1. The maximum absolute atomic E-state index is 10.8. The first-order valence-electron chi connectivity index (χ1n) is 5.66. The molecule has 1 aromatic carbocycles. The molecular weight excluding hydrogens is 321 g/mol. The monoisotopic (exact) mass is 333 g/mol. The van der Waals surface area contributed by atoms with E-state index in [1.54, 1.807) is 6.07 Å². The van der Waals surface area contributed by atoms with Crippen LogP contribution in [0.5, 0.6) is 5.75 Å². The van der Waals surface area contributed by atoms with Gasteiger partial charge in [-0.15, -0.1) is 0 Å². The minimum atomic E-state index is -0.866. The van der Waals surface area contributed by atoms with E-state index in [-0.39, 0.29) is 6.10 Å². The SMILES string of the molecule is O=C(O)N1CCC(Oc2ccc(Br)cc2Cl)CC1. The summed E-state index contributed by atoms with van der Waals surface area (Å²) in [6.45, 7) is 1.02. The van der Waals surface area contributed by atoms with Gasteiger partial charge in [0.1, 0.15) is 11.9 Å². The first-order chi connectivity index (χ1) is 8.56. The number of piperidine rings is 1. The Hall–Kier alpha value is -0.940. The summed E-state index contributed by atoms with van der Waals surface area (Å²) in [5.41, 5.74) is 0. The maximum atomic E-state index is 10.8. The van der Waals surface area contributed by atoms with E-state index in [4.69, 9.17) is 21.4 Å². The highest BCUT2D eigenvalue weighted by Gasteiger charge is 2.23. The Kier molecular flexibility index (Phi) is 4.35. The minimum absolute atomic E-state index is 0.0271. The molecule has 1 aliphatic heterocycles. The van der Waals surface area contributed by atoms with Crippen LogP contribution in [0.2, 0.25) is 5.02 Å². The van der Waals surface area contributed by atoms with Crippen molar-refractivity contribution < 1.29 is 14.6 Å². The average Bonchev–Trinajstić information content (AvgIpc) is 2.33. The van der Waals surface area contributed by atoms with Crippen molar-refractivity contribution >= 4 is 33.6 Å². The van der Waals surface area contributed by atoms with Gasteiger partial charge in [-0.25, -0.2) is 4.79 Å². The van der Waals surface area contributed by atoms with E-state index in [0.29, 0.717) is 36.7 Å². The van der Waals surface area contributed by atoms with Gasteiger partial charge in [0.05, 0.1) is 5.02 Å². The molecule has 98 valence electrons. The number of halogens is 2. The molecule has 0 saturated carbocycles. The Morgan fingerprint density at radius 3 is 2.67 bits per heavy atom. The molecule has 1 aliphatic rings. The van der Waals surface area contributed by atoms with Crippen LogP contribution in [-0.4, -0.2) is 35.3 Å². The Balaban J connectivity index is 1.93. The number of carbonyl (C=O) groups is 1. The number of hydrogen-bond donors (Lipinski definition) is 1. The fraction of sp³-hybridized carbons (Fsp3) is 0.417. The Labute approximate surface area is 119 Å². The second-order valence-corrected chi connectivity index (χ2v) is 5.48. The van der Waals surface area contributed by atoms with E-state index in [9.17, 15) is 4.79 Å². The molecule has 1 heterocycles. The van der Waals surface area contributed by atoms with Crippen LogP contribution in [0.15, 0.2) is 22.7 Å². The molecule has 2 rings (SSSR count). The van der Waals surface area contributed by atoms with Crippen molar-refractivity contribution in [1.29, 1.82) is 0 Å². The lowest BCUT2D eigenvalue weighted by Crippen LogP contribution is -2.41. The van der Waals surface area contributed by atoms with Gasteiger partial charge >= 0.3 is 6.09 Å². The van der Waals surface area contributed by atoms with Crippen molar-refractivity contribution in [2.45, 2.75) is 18.9 Å². The van der Waals surface area contributed by atoms with Crippen LogP contribution in [0.25, 0.3) is 0 Å². The van der Waals surface area contributed by atoms with Crippen LogP contribution in [0.3, 0.4) is 0 Å². The molecule has 0 radical (unpaired) electrons. The maximum Gasteiger partial charge on any atom is 0.407 e. The molecule has 1 fully saturated rings. The van der Waals surface area contributed by atoms with Gasteiger partial charge in [-0.3, -0.25) is 0 Å². The molecule has 0 aliphatic carbocycles. The van der Waals surface area contributed by atoms with Crippen molar-refractivity contribution in [2.75, 3.05) is 13.1 Å². The van der Waals surface area contributed by atoms with Gasteiger partial charge in [0, 0.05) is 30.4 Å². The van der Waals surface area contributed by atoms with E-state index in [0.717, 1.165) is 4.47 Å². The summed E-state index contributed by atoms with van der Waals surface area (Å²) in [7, 11) is 0. The quantitative estimate of drug-likeness (QED) is 0.898. The summed E-state index contributed by atoms with van der Waals surface area (Å²) < 4.78 is 6.70. The molecule has 0 aromatic heterocycles. The number of benzene rings is 1. The zero-order valence-electron chi connectivity index (χ0n) is 9.60. The first kappa shape index (κ1) is 13.5. The lowest BCUT2D eigenvalue weighted by Gasteiger charge is -2.30. The average molecular weight is 335 g/mol. The molecule has 1 aromatic rings. The highest BCUT2D eigenvalue weighted by Crippen LogP contribution is 2.30. The molecule has 1 N–H and O–H groups in total. The summed E-state index contributed by atoms with van der Waals surface area (Å²) in [6.07, 6.45) is 0.548. The van der Waals surface area contributed by atoms with E-state index < -0.39 is 6.09 Å². The highest BCUT2D eigenvalue weighted by molar-refractivity contribution is 9.10. The fourth-order valence-electron chi connectivity index (χ4n) is 1.92. The van der Waals surface area contributed by atoms with Crippen LogP contribution in [0, 0.1) is 0 Å². The van der Waals surface area contributed by atoms with Crippen molar-refractivity contribution in [2.24, 2.45) is 0 Å². The summed E-state index contributed by atoms with van der Waals surface area (Å²) in [4.78, 5) is 12.2. The largest absolute Gasteiger partial charge is 0.489 e. The van der Waals surface area contributed by atoms with E-state index >= 15 is 0 Å². The number of carboxylic acid groups (broad SMARTS) is 1. The summed E-state index contributed by atoms with van der Waals surface area (Å²) in [5, 5.41) is 9.41. The molecule has 0 spiro atoms. The van der Waals surface area contributed by atoms with Gasteiger partial charge in [-0.05, 0) is 18.2 Å². The van der Waals surface area contributed by atoms with Crippen LogP contribution in [0.4, 0.5) is 4.79 Å². The molecule has 0 unspecified atom stereocenters. The third-order valence-corrected chi connectivity index (χ3v) is 3.69. The Morgan fingerprint density at radius 1 is 1.44 bits per heavy atom. The predicted molar refractivity (Wildman–Crippen MR) is 72.4 cm³/mol. The Morgan fingerprint density at radius 2 is 2.11 bits per heavy atom. The van der Waals surface area contributed by atoms with Crippen molar-refractivity contribution in [1.82, 2.24) is 4.90 Å². The number of rotatable bonds is 2. The third-order valence-electron chi connectivity index (χ3n) is 2.90. The third kappa shape index (κ3) is 3.29. The molecule has 0 bridgehead atoms. The number of ether oxygens (including phenoxy) is 1. The smallest absolute Gasteiger partial charge is 0.407 e. The lowest BCUT2D eigenvalue weighted by molar-refractivity contribution is 0.0895. The van der Waals surface area contributed by atoms with Crippen LogP contribution >= 0.6 is 27.5 Å². The summed E-state index contributed by atoms with van der Waals surface area (Å²) >= 11 is 9.40. The van der Waals surface area contributed by atoms with E-state index in [1.165, 1.54) is 4.90 Å². The normalized spacial score (nSPS) is 16.7. The fourth-order valence-corrected chi connectivity index (χ4v) is 2.63. The zero-order valence-corrected chi connectivity index (χ0v) is 11.9. The van der Waals surface area contributed by atoms with Gasteiger partial charge in [0.15, 0.2) is 0 Å². The van der Waals surface area contributed by atoms with Crippen molar-refractivity contribution in [3.8, 4) is 5.75 Å². The van der Waals surface area contributed by atoms with Gasteiger partial charge < -0.3 is 14.7 Å².